The average Bonchev–Trinajstić information content (AvgIpc) is 2.69. The molecular formula is C24H21BrFN3O3. The maximum Gasteiger partial charge on any atom is 0.335 e. The standard InChI is InChI=1S/C24H21BrFN3O3/c1-13-12-24(2,3)28(4)20-11-19(26)14(8-17(13)20)9-18-21(30)27-23(32)29(22(18)31)16-7-5-6-15(25)10-16/h5-12H,1-4H3,(H,27,30,32)/b18-9-. The van der Waals surface area contributed by atoms with Gasteiger partial charge in [-0.2, -0.15) is 0 Å². The minimum atomic E-state index is -0.867. The molecule has 0 bridgehead atoms. The Balaban J connectivity index is 1.80. The zero-order valence-corrected chi connectivity index (χ0v) is 19.6. The number of benzene rings is 2. The molecule has 32 heavy (non-hydrogen) atoms. The van der Waals surface area contributed by atoms with Gasteiger partial charge in [0, 0.05) is 28.3 Å². The predicted octanol–water partition coefficient (Wildman–Crippen LogP) is 4.89. The number of amides is 4. The quantitative estimate of drug-likeness (QED) is 0.473. The van der Waals surface area contributed by atoms with E-state index in [1.807, 2.05) is 32.7 Å². The van der Waals surface area contributed by atoms with Gasteiger partial charge >= 0.3 is 6.03 Å². The van der Waals surface area contributed by atoms with Gasteiger partial charge in [-0.25, -0.2) is 14.1 Å². The fourth-order valence-corrected chi connectivity index (χ4v) is 4.35. The Morgan fingerprint density at radius 1 is 1.12 bits per heavy atom. The van der Waals surface area contributed by atoms with Crippen LogP contribution in [0, 0.1) is 5.82 Å². The van der Waals surface area contributed by atoms with E-state index in [0.717, 1.165) is 21.7 Å². The Kier molecular flexibility index (Phi) is 5.29. The Labute approximate surface area is 193 Å². The van der Waals surface area contributed by atoms with E-state index in [-0.39, 0.29) is 22.4 Å². The molecule has 2 heterocycles. The van der Waals surface area contributed by atoms with Crippen LogP contribution < -0.4 is 15.1 Å². The molecule has 1 fully saturated rings. The summed E-state index contributed by atoms with van der Waals surface area (Å²) in [4.78, 5) is 40.7. The first kappa shape index (κ1) is 22.0. The van der Waals surface area contributed by atoms with E-state index in [2.05, 4.69) is 27.3 Å². The molecule has 8 heteroatoms. The van der Waals surface area contributed by atoms with E-state index in [1.54, 1.807) is 30.3 Å². The fourth-order valence-electron chi connectivity index (χ4n) is 3.96. The summed E-state index contributed by atoms with van der Waals surface area (Å²) in [5.74, 6) is -2.26. The Hall–Kier alpha value is -3.26. The molecule has 2 aliphatic rings. The number of anilines is 2. The first-order valence-electron chi connectivity index (χ1n) is 9.94. The highest BCUT2D eigenvalue weighted by Gasteiger charge is 2.37. The topological polar surface area (TPSA) is 69.7 Å². The number of barbiturate groups is 1. The number of fused-ring (bicyclic) bond motifs is 1. The van der Waals surface area contributed by atoms with E-state index in [4.69, 9.17) is 0 Å². The zero-order valence-electron chi connectivity index (χ0n) is 18.0. The van der Waals surface area contributed by atoms with Crippen molar-refractivity contribution in [1.82, 2.24) is 5.32 Å². The Morgan fingerprint density at radius 2 is 1.84 bits per heavy atom. The highest BCUT2D eigenvalue weighted by Crippen LogP contribution is 2.39. The molecular weight excluding hydrogens is 477 g/mol. The number of likely N-dealkylation sites (N-methyl/N-ethyl adjacent to an activating group) is 1. The molecule has 0 radical (unpaired) electrons. The maximum atomic E-state index is 15.1. The van der Waals surface area contributed by atoms with Crippen molar-refractivity contribution in [3.05, 3.63) is 69.5 Å². The largest absolute Gasteiger partial charge is 0.365 e. The van der Waals surface area contributed by atoms with Gasteiger partial charge < -0.3 is 4.90 Å². The van der Waals surface area contributed by atoms with Crippen LogP contribution >= 0.6 is 15.9 Å². The molecule has 0 spiro atoms. The van der Waals surface area contributed by atoms with E-state index >= 15 is 4.39 Å². The van der Waals surface area contributed by atoms with E-state index < -0.39 is 23.7 Å². The smallest absolute Gasteiger partial charge is 0.335 e. The SMILES string of the molecule is CC1=CC(C)(C)N(C)c2cc(F)c(/C=C3/C(=O)NC(=O)N(c4cccc(Br)c4)C3=O)cc21. The van der Waals surface area contributed by atoms with Crippen LogP contribution in [-0.2, 0) is 9.59 Å². The second-order valence-electron chi connectivity index (χ2n) is 8.37. The van der Waals surface area contributed by atoms with E-state index in [9.17, 15) is 14.4 Å². The number of hydrogen-bond donors (Lipinski definition) is 1. The molecule has 2 aromatic carbocycles. The third kappa shape index (κ3) is 3.64. The predicted molar refractivity (Wildman–Crippen MR) is 126 cm³/mol. The van der Waals surface area contributed by atoms with Gasteiger partial charge in [0.15, 0.2) is 0 Å². The summed E-state index contributed by atoms with van der Waals surface area (Å²) in [6, 6.07) is 8.73. The van der Waals surface area contributed by atoms with E-state index in [1.165, 1.54) is 12.1 Å². The van der Waals surface area contributed by atoms with Crippen molar-refractivity contribution in [2.75, 3.05) is 16.8 Å². The lowest BCUT2D eigenvalue weighted by molar-refractivity contribution is -0.122. The van der Waals surface area contributed by atoms with Crippen molar-refractivity contribution < 1.29 is 18.8 Å². The molecule has 4 amide bonds. The van der Waals surface area contributed by atoms with Gasteiger partial charge in [0.2, 0.25) is 0 Å². The number of urea groups is 1. The molecule has 164 valence electrons. The third-order valence-electron chi connectivity index (χ3n) is 5.80. The zero-order chi connectivity index (χ0) is 23.4. The van der Waals surface area contributed by atoms with Gasteiger partial charge in [-0.05, 0) is 62.8 Å². The highest BCUT2D eigenvalue weighted by atomic mass is 79.9. The third-order valence-corrected chi connectivity index (χ3v) is 6.30. The Morgan fingerprint density at radius 3 is 2.53 bits per heavy atom. The number of nitrogens with one attached hydrogen (secondary N) is 1. The summed E-state index contributed by atoms with van der Waals surface area (Å²) >= 11 is 3.30. The molecule has 1 N–H and O–H groups in total. The molecule has 0 atom stereocenters. The minimum absolute atomic E-state index is 0.0895. The van der Waals surface area contributed by atoms with Gasteiger partial charge in [0.1, 0.15) is 11.4 Å². The number of hydrogen-bond acceptors (Lipinski definition) is 4. The summed E-state index contributed by atoms with van der Waals surface area (Å²) in [5.41, 5.74) is 2.26. The molecule has 2 aliphatic heterocycles. The molecule has 2 aromatic rings. The average molecular weight is 498 g/mol. The first-order valence-corrected chi connectivity index (χ1v) is 10.7. The second kappa shape index (κ2) is 7.70. The monoisotopic (exact) mass is 497 g/mol. The van der Waals surface area contributed by atoms with Crippen molar-refractivity contribution in [3.8, 4) is 0 Å². The summed E-state index contributed by atoms with van der Waals surface area (Å²) in [5, 5.41) is 2.16. The molecule has 4 rings (SSSR count). The van der Waals surface area contributed by atoms with Crippen LogP contribution in [0.2, 0.25) is 0 Å². The molecule has 1 saturated heterocycles. The van der Waals surface area contributed by atoms with Crippen molar-refractivity contribution in [1.29, 1.82) is 0 Å². The number of halogens is 2. The van der Waals surface area contributed by atoms with Gasteiger partial charge in [-0.3, -0.25) is 14.9 Å². The van der Waals surface area contributed by atoms with Crippen LogP contribution in [-0.4, -0.2) is 30.4 Å². The van der Waals surface area contributed by atoms with Crippen LogP contribution in [0.5, 0.6) is 0 Å². The second-order valence-corrected chi connectivity index (χ2v) is 9.28. The van der Waals surface area contributed by atoms with Crippen LogP contribution in [0.15, 0.2) is 52.5 Å². The number of imide groups is 2. The van der Waals surface area contributed by atoms with Gasteiger partial charge in [0.05, 0.1) is 11.2 Å². The van der Waals surface area contributed by atoms with Crippen LogP contribution in [0.25, 0.3) is 11.6 Å². The molecule has 0 aromatic heterocycles. The minimum Gasteiger partial charge on any atom is -0.365 e. The van der Waals surface area contributed by atoms with Crippen molar-refractivity contribution >= 4 is 56.8 Å². The van der Waals surface area contributed by atoms with Crippen LogP contribution in [0.4, 0.5) is 20.6 Å². The molecule has 6 nitrogen and oxygen atoms in total. The van der Waals surface area contributed by atoms with Crippen molar-refractivity contribution in [2.45, 2.75) is 26.3 Å². The maximum absolute atomic E-state index is 15.1. The van der Waals surface area contributed by atoms with Gasteiger partial charge in [-0.15, -0.1) is 0 Å². The lowest BCUT2D eigenvalue weighted by atomic mass is 9.88. The first-order chi connectivity index (χ1) is 15.0. The summed E-state index contributed by atoms with van der Waals surface area (Å²) in [7, 11) is 1.89. The summed E-state index contributed by atoms with van der Waals surface area (Å²) < 4.78 is 15.7. The number of carbonyl (C=O) groups is 3. The normalized spacial score (nSPS) is 19.1. The summed E-state index contributed by atoms with van der Waals surface area (Å²) in [6.45, 7) is 6.01. The van der Waals surface area contributed by atoms with Crippen molar-refractivity contribution in [2.24, 2.45) is 0 Å². The van der Waals surface area contributed by atoms with Crippen LogP contribution in [0.1, 0.15) is 31.9 Å². The van der Waals surface area contributed by atoms with E-state index in [0.29, 0.717) is 4.47 Å². The van der Waals surface area contributed by atoms with Crippen molar-refractivity contribution in [3.63, 3.8) is 0 Å². The van der Waals surface area contributed by atoms with Gasteiger partial charge in [-0.1, -0.05) is 28.1 Å². The number of nitrogens with zero attached hydrogens (tertiary/aromatic N) is 2. The molecule has 0 saturated carbocycles. The fraction of sp³-hybridized carbons (Fsp3) is 0.208. The highest BCUT2D eigenvalue weighted by molar-refractivity contribution is 9.10. The summed E-state index contributed by atoms with van der Waals surface area (Å²) in [6.07, 6.45) is 3.27. The Bertz CT molecular complexity index is 1250. The lowest BCUT2D eigenvalue weighted by Gasteiger charge is -2.40. The number of allylic oxidation sites excluding steroid dienone is 1. The number of rotatable bonds is 2. The molecule has 0 unspecified atom stereocenters. The molecule has 0 aliphatic carbocycles. The lowest BCUT2D eigenvalue weighted by Crippen LogP contribution is -2.54. The van der Waals surface area contributed by atoms with Crippen LogP contribution in [0.3, 0.4) is 0 Å². The van der Waals surface area contributed by atoms with Gasteiger partial charge in [0.25, 0.3) is 11.8 Å². The number of carbonyl (C=O) groups excluding carboxylic acids is 3.